The number of aryl methyl sites for hydroxylation is 3. The zero-order valence-electron chi connectivity index (χ0n) is 16.7. The van der Waals surface area contributed by atoms with E-state index in [-0.39, 0.29) is 11.8 Å². The molecule has 2 amide bonds. The maximum Gasteiger partial charge on any atom is 0.257 e. The Bertz CT molecular complexity index is 980. The number of hydrogen-bond acceptors (Lipinski definition) is 3. The van der Waals surface area contributed by atoms with E-state index in [0.717, 1.165) is 29.7 Å². The van der Waals surface area contributed by atoms with Crippen molar-refractivity contribution in [1.29, 1.82) is 0 Å². The number of pyridine rings is 1. The Balaban J connectivity index is 1.58. The molecular formula is C24H25N3O2. The highest BCUT2D eigenvalue weighted by Crippen LogP contribution is 2.20. The minimum absolute atomic E-state index is 0.229. The molecule has 0 radical (unpaired) electrons. The van der Waals surface area contributed by atoms with Gasteiger partial charge in [-0.15, -0.1) is 0 Å². The molecule has 0 fully saturated rings. The van der Waals surface area contributed by atoms with Crippen molar-refractivity contribution in [3.63, 3.8) is 0 Å². The van der Waals surface area contributed by atoms with Crippen LogP contribution in [-0.4, -0.2) is 23.3 Å². The van der Waals surface area contributed by atoms with Gasteiger partial charge in [0, 0.05) is 24.6 Å². The van der Waals surface area contributed by atoms with Crippen molar-refractivity contribution in [3.8, 4) is 0 Å². The number of aromatic nitrogens is 1. The summed E-state index contributed by atoms with van der Waals surface area (Å²) in [6.07, 6.45) is 4.69. The summed E-state index contributed by atoms with van der Waals surface area (Å²) >= 11 is 0. The van der Waals surface area contributed by atoms with Gasteiger partial charge in [-0.3, -0.25) is 14.6 Å². The number of para-hydroxylation sites is 1. The van der Waals surface area contributed by atoms with E-state index in [4.69, 9.17) is 0 Å². The number of carbonyl (C=O) groups excluding carboxylic acids is 2. The zero-order chi connectivity index (χ0) is 20.6. The third-order valence-electron chi connectivity index (χ3n) is 4.75. The molecule has 2 aromatic carbocycles. The first kappa shape index (κ1) is 20.3. The molecule has 1 heterocycles. The van der Waals surface area contributed by atoms with Crippen LogP contribution in [0.4, 0.5) is 5.69 Å². The molecule has 1 aromatic heterocycles. The quantitative estimate of drug-likeness (QED) is 0.593. The SMILES string of the molecule is Cc1cccc(C)c1NC(=O)c1cncc(C(=O)NCCCc2ccccc2)c1. The molecule has 0 aliphatic heterocycles. The van der Waals surface area contributed by atoms with Gasteiger partial charge in [-0.2, -0.15) is 0 Å². The van der Waals surface area contributed by atoms with Crippen molar-refractivity contribution >= 4 is 17.5 Å². The van der Waals surface area contributed by atoms with Crippen LogP contribution in [0.5, 0.6) is 0 Å². The number of nitrogens with zero attached hydrogens (tertiary/aromatic N) is 1. The Morgan fingerprint density at radius 2 is 1.52 bits per heavy atom. The van der Waals surface area contributed by atoms with Crippen LogP contribution < -0.4 is 10.6 Å². The van der Waals surface area contributed by atoms with Crippen LogP contribution in [0.2, 0.25) is 0 Å². The minimum atomic E-state index is -0.284. The number of hydrogen-bond donors (Lipinski definition) is 2. The second kappa shape index (κ2) is 9.64. The van der Waals surface area contributed by atoms with Gasteiger partial charge in [-0.05, 0) is 49.4 Å². The van der Waals surface area contributed by atoms with E-state index in [2.05, 4.69) is 27.8 Å². The van der Waals surface area contributed by atoms with Crippen LogP contribution >= 0.6 is 0 Å². The normalized spacial score (nSPS) is 10.4. The molecule has 0 unspecified atom stereocenters. The third-order valence-corrected chi connectivity index (χ3v) is 4.75. The summed E-state index contributed by atoms with van der Waals surface area (Å²) in [5.74, 6) is -0.513. The van der Waals surface area contributed by atoms with Gasteiger partial charge in [-0.1, -0.05) is 48.5 Å². The Morgan fingerprint density at radius 3 is 2.21 bits per heavy atom. The van der Waals surface area contributed by atoms with E-state index in [1.165, 1.54) is 18.0 Å². The lowest BCUT2D eigenvalue weighted by molar-refractivity contribution is 0.0953. The van der Waals surface area contributed by atoms with E-state index >= 15 is 0 Å². The first-order chi connectivity index (χ1) is 14.0. The number of benzene rings is 2. The molecule has 0 saturated carbocycles. The lowest BCUT2D eigenvalue weighted by Crippen LogP contribution is -2.25. The molecule has 5 nitrogen and oxygen atoms in total. The lowest BCUT2D eigenvalue weighted by atomic mass is 10.1. The Hall–Kier alpha value is -3.47. The van der Waals surface area contributed by atoms with Crippen LogP contribution in [-0.2, 0) is 6.42 Å². The molecule has 0 atom stereocenters. The summed E-state index contributed by atoms with van der Waals surface area (Å²) in [5.41, 5.74) is 4.72. The Kier molecular flexibility index (Phi) is 6.74. The highest BCUT2D eigenvalue weighted by Gasteiger charge is 2.13. The summed E-state index contributed by atoms with van der Waals surface area (Å²) in [6.45, 7) is 4.45. The topological polar surface area (TPSA) is 71.1 Å². The first-order valence-electron chi connectivity index (χ1n) is 9.69. The Labute approximate surface area is 171 Å². The maximum absolute atomic E-state index is 12.6. The number of amides is 2. The van der Waals surface area contributed by atoms with Crippen LogP contribution in [0, 0.1) is 13.8 Å². The van der Waals surface area contributed by atoms with Gasteiger partial charge >= 0.3 is 0 Å². The fraction of sp³-hybridized carbons (Fsp3) is 0.208. The van der Waals surface area contributed by atoms with E-state index in [0.29, 0.717) is 17.7 Å². The highest BCUT2D eigenvalue weighted by atomic mass is 16.2. The molecule has 0 spiro atoms. The van der Waals surface area contributed by atoms with Crippen molar-refractivity contribution in [2.45, 2.75) is 26.7 Å². The molecule has 0 bridgehead atoms. The van der Waals surface area contributed by atoms with E-state index in [9.17, 15) is 9.59 Å². The molecule has 2 N–H and O–H groups in total. The molecule has 0 aliphatic carbocycles. The second-order valence-electron chi connectivity index (χ2n) is 7.03. The number of rotatable bonds is 7. The predicted molar refractivity (Wildman–Crippen MR) is 115 cm³/mol. The molecular weight excluding hydrogens is 362 g/mol. The second-order valence-corrected chi connectivity index (χ2v) is 7.03. The molecule has 3 aromatic rings. The standard InChI is InChI=1S/C24H25N3O2/c1-17-8-6-9-18(2)22(17)27-24(29)21-14-20(15-25-16-21)23(28)26-13-7-12-19-10-4-3-5-11-19/h3-6,8-11,14-16H,7,12-13H2,1-2H3,(H,26,28)(H,27,29). The minimum Gasteiger partial charge on any atom is -0.352 e. The van der Waals surface area contributed by atoms with Gasteiger partial charge in [-0.25, -0.2) is 0 Å². The molecule has 5 heteroatoms. The van der Waals surface area contributed by atoms with Crippen LogP contribution in [0.25, 0.3) is 0 Å². The van der Waals surface area contributed by atoms with Gasteiger partial charge in [0.1, 0.15) is 0 Å². The monoisotopic (exact) mass is 387 g/mol. The van der Waals surface area contributed by atoms with Crippen molar-refractivity contribution in [3.05, 3.63) is 94.8 Å². The molecule has 3 rings (SSSR count). The first-order valence-corrected chi connectivity index (χ1v) is 9.69. The van der Waals surface area contributed by atoms with Gasteiger partial charge in [0.2, 0.25) is 0 Å². The van der Waals surface area contributed by atoms with Gasteiger partial charge in [0.15, 0.2) is 0 Å². The van der Waals surface area contributed by atoms with E-state index < -0.39 is 0 Å². The third kappa shape index (κ3) is 5.51. The maximum atomic E-state index is 12.6. The van der Waals surface area contributed by atoms with Crippen molar-refractivity contribution in [2.75, 3.05) is 11.9 Å². The summed E-state index contributed by atoms with van der Waals surface area (Å²) < 4.78 is 0. The van der Waals surface area contributed by atoms with Crippen molar-refractivity contribution in [1.82, 2.24) is 10.3 Å². The lowest BCUT2D eigenvalue weighted by Gasteiger charge is -2.12. The number of nitrogens with one attached hydrogen (secondary N) is 2. The highest BCUT2D eigenvalue weighted by molar-refractivity contribution is 6.06. The van der Waals surface area contributed by atoms with Crippen LogP contribution in [0.1, 0.15) is 43.8 Å². The smallest absolute Gasteiger partial charge is 0.257 e. The number of carbonyl (C=O) groups is 2. The average Bonchev–Trinajstić information content (AvgIpc) is 2.74. The van der Waals surface area contributed by atoms with Crippen LogP contribution in [0.3, 0.4) is 0 Å². The van der Waals surface area contributed by atoms with Crippen molar-refractivity contribution in [2.24, 2.45) is 0 Å². The molecule has 0 saturated heterocycles. The molecule has 148 valence electrons. The summed E-state index contributed by atoms with van der Waals surface area (Å²) in [7, 11) is 0. The van der Waals surface area contributed by atoms with Gasteiger partial charge in [0.25, 0.3) is 11.8 Å². The summed E-state index contributed by atoms with van der Waals surface area (Å²) in [5, 5.41) is 5.81. The average molecular weight is 387 g/mol. The number of anilines is 1. The molecule has 29 heavy (non-hydrogen) atoms. The fourth-order valence-corrected chi connectivity index (χ4v) is 3.13. The Morgan fingerprint density at radius 1 is 0.862 bits per heavy atom. The largest absolute Gasteiger partial charge is 0.352 e. The summed E-state index contributed by atoms with van der Waals surface area (Å²) in [6, 6.07) is 17.6. The molecule has 0 aliphatic rings. The van der Waals surface area contributed by atoms with Crippen molar-refractivity contribution < 1.29 is 9.59 Å². The van der Waals surface area contributed by atoms with E-state index in [1.807, 2.05) is 50.2 Å². The fourth-order valence-electron chi connectivity index (χ4n) is 3.13. The zero-order valence-corrected chi connectivity index (χ0v) is 16.7. The van der Waals surface area contributed by atoms with Crippen LogP contribution in [0.15, 0.2) is 67.0 Å². The predicted octanol–water partition coefficient (Wildman–Crippen LogP) is 4.31. The summed E-state index contributed by atoms with van der Waals surface area (Å²) in [4.78, 5) is 29.1. The van der Waals surface area contributed by atoms with Gasteiger partial charge in [0.05, 0.1) is 11.1 Å². The van der Waals surface area contributed by atoms with E-state index in [1.54, 1.807) is 6.07 Å². The van der Waals surface area contributed by atoms with Gasteiger partial charge < -0.3 is 10.6 Å².